The third-order valence-electron chi connectivity index (χ3n) is 4.03. The van der Waals surface area contributed by atoms with Crippen LogP contribution in [0.1, 0.15) is 10.4 Å². The smallest absolute Gasteiger partial charge is 0.255 e. The molecule has 0 unspecified atom stereocenters. The van der Waals surface area contributed by atoms with Crippen LogP contribution in [0.2, 0.25) is 0 Å². The Labute approximate surface area is 155 Å². The molecule has 2 heterocycles. The van der Waals surface area contributed by atoms with Crippen LogP contribution in [0.4, 0.5) is 0 Å². The fourth-order valence-electron chi connectivity index (χ4n) is 2.70. The molecular formula is C18H20BrN3OS. The number of hydrogen-bond donors (Lipinski definition) is 0. The first-order valence-corrected chi connectivity index (χ1v) is 9.80. The summed E-state index contributed by atoms with van der Waals surface area (Å²) >= 11 is 5.25. The lowest BCUT2D eigenvalue weighted by atomic mass is 10.2. The van der Waals surface area contributed by atoms with E-state index in [0.717, 1.165) is 42.9 Å². The van der Waals surface area contributed by atoms with Gasteiger partial charge in [0.1, 0.15) is 0 Å². The minimum atomic E-state index is 0.0714. The van der Waals surface area contributed by atoms with Crippen molar-refractivity contribution in [2.24, 2.45) is 0 Å². The second-order valence-electron chi connectivity index (χ2n) is 5.69. The highest BCUT2D eigenvalue weighted by Crippen LogP contribution is 2.18. The van der Waals surface area contributed by atoms with Crippen LogP contribution in [0.15, 0.2) is 58.2 Å². The zero-order valence-corrected chi connectivity index (χ0v) is 15.8. The summed E-state index contributed by atoms with van der Waals surface area (Å²) in [6, 6.07) is 12.3. The van der Waals surface area contributed by atoms with Crippen molar-refractivity contribution in [2.45, 2.75) is 4.90 Å². The summed E-state index contributed by atoms with van der Waals surface area (Å²) in [5, 5.41) is 0. The fraction of sp³-hybridized carbons (Fsp3) is 0.333. The maximum atomic E-state index is 12.5. The number of rotatable bonds is 5. The van der Waals surface area contributed by atoms with Crippen molar-refractivity contribution in [3.63, 3.8) is 0 Å². The van der Waals surface area contributed by atoms with Gasteiger partial charge < -0.3 is 4.90 Å². The number of pyridine rings is 1. The van der Waals surface area contributed by atoms with E-state index in [4.69, 9.17) is 0 Å². The second-order valence-corrected chi connectivity index (χ2v) is 7.77. The standard InChI is InChI=1S/C18H20BrN3OS/c19-16-12-15(13-20-14-16)18(23)22-8-6-21(7-9-22)10-11-24-17-4-2-1-3-5-17/h1-5,12-14H,6-11H2. The number of amides is 1. The summed E-state index contributed by atoms with van der Waals surface area (Å²) in [5.74, 6) is 1.15. The van der Waals surface area contributed by atoms with E-state index in [9.17, 15) is 4.79 Å². The number of halogens is 1. The lowest BCUT2D eigenvalue weighted by Crippen LogP contribution is -2.49. The lowest BCUT2D eigenvalue weighted by Gasteiger charge is -2.34. The van der Waals surface area contributed by atoms with E-state index >= 15 is 0 Å². The van der Waals surface area contributed by atoms with Crippen LogP contribution >= 0.6 is 27.7 Å². The molecular weight excluding hydrogens is 386 g/mol. The van der Waals surface area contributed by atoms with Crippen LogP contribution in [0.3, 0.4) is 0 Å². The fourth-order valence-corrected chi connectivity index (χ4v) is 3.99. The van der Waals surface area contributed by atoms with E-state index in [1.54, 1.807) is 12.4 Å². The van der Waals surface area contributed by atoms with Crippen LogP contribution in [0, 0.1) is 0 Å². The van der Waals surface area contributed by atoms with Gasteiger partial charge in [0.25, 0.3) is 5.91 Å². The zero-order valence-electron chi connectivity index (χ0n) is 13.4. The average Bonchev–Trinajstić information content (AvgIpc) is 2.63. The van der Waals surface area contributed by atoms with Crippen LogP contribution in [-0.4, -0.2) is 59.2 Å². The minimum Gasteiger partial charge on any atom is -0.336 e. The van der Waals surface area contributed by atoms with E-state index in [2.05, 4.69) is 50.1 Å². The van der Waals surface area contributed by atoms with Gasteiger partial charge in [0.15, 0.2) is 0 Å². The predicted octanol–water partition coefficient (Wildman–Crippen LogP) is 3.39. The maximum absolute atomic E-state index is 12.5. The molecule has 1 saturated heterocycles. The van der Waals surface area contributed by atoms with Crippen LogP contribution < -0.4 is 0 Å². The predicted molar refractivity (Wildman–Crippen MR) is 101 cm³/mol. The molecule has 126 valence electrons. The Kier molecular flexibility index (Phi) is 6.29. The van der Waals surface area contributed by atoms with Gasteiger partial charge in [-0.25, -0.2) is 0 Å². The highest BCUT2D eigenvalue weighted by atomic mass is 79.9. The molecule has 0 radical (unpaired) electrons. The van der Waals surface area contributed by atoms with Gasteiger partial charge in [0.05, 0.1) is 5.56 Å². The lowest BCUT2D eigenvalue weighted by molar-refractivity contribution is 0.0644. The molecule has 0 bridgehead atoms. The van der Waals surface area contributed by atoms with Gasteiger partial charge in [-0.3, -0.25) is 14.7 Å². The Morgan fingerprint density at radius 2 is 1.88 bits per heavy atom. The SMILES string of the molecule is O=C(c1cncc(Br)c1)N1CCN(CCSc2ccccc2)CC1. The number of carbonyl (C=O) groups is 1. The van der Waals surface area contributed by atoms with Crippen LogP contribution in [0.5, 0.6) is 0 Å². The Balaban J connectivity index is 1.43. The molecule has 1 aliphatic rings. The summed E-state index contributed by atoms with van der Waals surface area (Å²) in [5.41, 5.74) is 0.650. The molecule has 1 aromatic carbocycles. The normalized spacial score (nSPS) is 15.5. The Morgan fingerprint density at radius 3 is 2.58 bits per heavy atom. The van der Waals surface area contributed by atoms with Gasteiger partial charge in [-0.05, 0) is 34.1 Å². The summed E-state index contributed by atoms with van der Waals surface area (Å²) in [6.07, 6.45) is 3.33. The van der Waals surface area contributed by atoms with Crippen molar-refractivity contribution in [1.29, 1.82) is 0 Å². The first-order chi connectivity index (χ1) is 11.7. The topological polar surface area (TPSA) is 36.4 Å². The van der Waals surface area contributed by atoms with Gasteiger partial charge in [-0.15, -0.1) is 11.8 Å². The molecule has 3 rings (SSSR count). The molecule has 0 aliphatic carbocycles. The largest absolute Gasteiger partial charge is 0.336 e. The molecule has 24 heavy (non-hydrogen) atoms. The molecule has 6 heteroatoms. The van der Waals surface area contributed by atoms with Crippen molar-refractivity contribution in [1.82, 2.24) is 14.8 Å². The second kappa shape index (κ2) is 8.65. The summed E-state index contributed by atoms with van der Waals surface area (Å²) in [6.45, 7) is 4.48. The molecule has 0 saturated carbocycles. The van der Waals surface area contributed by atoms with Crippen LogP contribution in [0.25, 0.3) is 0 Å². The molecule has 1 amide bonds. The number of benzene rings is 1. The van der Waals surface area contributed by atoms with Crippen molar-refractivity contribution < 1.29 is 4.79 Å². The number of carbonyl (C=O) groups excluding carboxylic acids is 1. The van der Waals surface area contributed by atoms with Gasteiger partial charge in [-0.1, -0.05) is 18.2 Å². The monoisotopic (exact) mass is 405 g/mol. The molecule has 4 nitrogen and oxygen atoms in total. The van der Waals surface area contributed by atoms with Crippen molar-refractivity contribution in [2.75, 3.05) is 38.5 Å². The maximum Gasteiger partial charge on any atom is 0.255 e. The van der Waals surface area contributed by atoms with Crippen molar-refractivity contribution in [3.05, 3.63) is 58.8 Å². The van der Waals surface area contributed by atoms with Crippen LogP contribution in [-0.2, 0) is 0 Å². The first-order valence-electron chi connectivity index (χ1n) is 8.02. The van der Waals surface area contributed by atoms with E-state index in [0.29, 0.717) is 5.56 Å². The first kappa shape index (κ1) is 17.5. The summed E-state index contributed by atoms with van der Waals surface area (Å²) in [4.78, 5) is 22.2. The van der Waals surface area contributed by atoms with E-state index < -0.39 is 0 Å². The number of thioether (sulfide) groups is 1. The summed E-state index contributed by atoms with van der Waals surface area (Å²) < 4.78 is 0.838. The number of piperazine rings is 1. The third-order valence-corrected chi connectivity index (χ3v) is 5.46. The molecule has 1 fully saturated rings. The van der Waals surface area contributed by atoms with Gasteiger partial charge >= 0.3 is 0 Å². The van der Waals surface area contributed by atoms with Gasteiger partial charge in [0.2, 0.25) is 0 Å². The van der Waals surface area contributed by atoms with Crippen molar-refractivity contribution >= 4 is 33.6 Å². The van der Waals surface area contributed by atoms with Gasteiger partial charge in [0, 0.05) is 60.2 Å². The Morgan fingerprint density at radius 1 is 1.12 bits per heavy atom. The minimum absolute atomic E-state index is 0.0714. The zero-order chi connectivity index (χ0) is 16.8. The third kappa shape index (κ3) is 4.82. The number of aromatic nitrogens is 1. The number of hydrogen-bond acceptors (Lipinski definition) is 4. The number of nitrogens with zero attached hydrogens (tertiary/aromatic N) is 3. The molecule has 2 aromatic rings. The van der Waals surface area contributed by atoms with E-state index in [-0.39, 0.29) is 5.91 Å². The highest BCUT2D eigenvalue weighted by molar-refractivity contribution is 9.10. The Bertz CT molecular complexity index is 675. The van der Waals surface area contributed by atoms with Gasteiger partial charge in [-0.2, -0.15) is 0 Å². The molecule has 0 atom stereocenters. The Hall–Kier alpha value is -1.37. The quantitative estimate of drug-likeness (QED) is 0.714. The molecule has 1 aliphatic heterocycles. The highest BCUT2D eigenvalue weighted by Gasteiger charge is 2.22. The molecule has 0 spiro atoms. The summed E-state index contributed by atoms with van der Waals surface area (Å²) in [7, 11) is 0. The van der Waals surface area contributed by atoms with E-state index in [1.807, 2.05) is 28.8 Å². The van der Waals surface area contributed by atoms with Crippen molar-refractivity contribution in [3.8, 4) is 0 Å². The molecule has 1 aromatic heterocycles. The average molecular weight is 406 g/mol. The molecule has 0 N–H and O–H groups in total. The van der Waals surface area contributed by atoms with E-state index in [1.165, 1.54) is 4.90 Å².